The third kappa shape index (κ3) is 7.32. The zero-order chi connectivity index (χ0) is 22.1. The second-order valence-corrected chi connectivity index (χ2v) is 8.05. The highest BCUT2D eigenvalue weighted by atomic mass is 16.5. The Morgan fingerprint density at radius 3 is 2.39 bits per heavy atom. The molecule has 3 rings (SSSR count). The maximum atomic E-state index is 5.42. The normalized spacial score (nSPS) is 15.4. The summed E-state index contributed by atoms with van der Waals surface area (Å²) in [6, 6.07) is 2.11. The van der Waals surface area contributed by atoms with E-state index in [2.05, 4.69) is 48.5 Å². The molecular formula is C21H37N9O. The number of hydrogen-bond acceptors (Lipinski definition) is 6. The molecule has 1 saturated heterocycles. The number of ether oxygens (including phenoxy) is 1. The maximum absolute atomic E-state index is 5.42. The molecule has 1 aliphatic heterocycles. The summed E-state index contributed by atoms with van der Waals surface area (Å²) in [6.07, 6.45) is 2.04. The van der Waals surface area contributed by atoms with Gasteiger partial charge in [0.2, 0.25) is 0 Å². The third-order valence-corrected chi connectivity index (χ3v) is 5.55. The molecule has 0 atom stereocenters. The van der Waals surface area contributed by atoms with Crippen LogP contribution in [-0.2, 0) is 24.9 Å². The second kappa shape index (κ2) is 11.8. The van der Waals surface area contributed by atoms with Gasteiger partial charge in [0, 0.05) is 45.5 Å². The van der Waals surface area contributed by atoms with Crippen LogP contribution in [-0.4, -0.2) is 81.3 Å². The zero-order valence-corrected chi connectivity index (χ0v) is 19.4. The van der Waals surface area contributed by atoms with E-state index < -0.39 is 0 Å². The summed E-state index contributed by atoms with van der Waals surface area (Å²) in [6.45, 7) is 14.0. The zero-order valence-electron chi connectivity index (χ0n) is 19.4. The molecule has 2 N–H and O–H groups in total. The first-order valence-electron chi connectivity index (χ1n) is 11.2. The van der Waals surface area contributed by atoms with Gasteiger partial charge in [-0.3, -0.25) is 9.58 Å². The molecule has 10 nitrogen and oxygen atoms in total. The first-order valence-corrected chi connectivity index (χ1v) is 11.2. The third-order valence-electron chi connectivity index (χ3n) is 5.55. The largest absolute Gasteiger partial charge is 0.379 e. The molecule has 0 aliphatic carbocycles. The van der Waals surface area contributed by atoms with E-state index in [1.807, 2.05) is 25.5 Å². The van der Waals surface area contributed by atoms with Gasteiger partial charge in [-0.05, 0) is 46.2 Å². The summed E-state index contributed by atoms with van der Waals surface area (Å²) in [5.41, 5.74) is 2.26. The Balaban J connectivity index is 1.47. The van der Waals surface area contributed by atoms with E-state index in [-0.39, 0.29) is 0 Å². The molecule has 1 aliphatic rings. The van der Waals surface area contributed by atoms with E-state index in [0.717, 1.165) is 88.6 Å². The van der Waals surface area contributed by atoms with Gasteiger partial charge in [-0.15, -0.1) is 10.2 Å². The quantitative estimate of drug-likeness (QED) is 0.326. The van der Waals surface area contributed by atoms with Crippen molar-refractivity contribution in [1.82, 2.24) is 40.1 Å². The molecule has 31 heavy (non-hydrogen) atoms. The van der Waals surface area contributed by atoms with Crippen LogP contribution in [0.25, 0.3) is 0 Å². The number of nitrogens with one attached hydrogen (secondary N) is 2. The van der Waals surface area contributed by atoms with Crippen molar-refractivity contribution in [3.8, 4) is 0 Å². The topological polar surface area (TPSA) is 97.4 Å². The summed E-state index contributed by atoms with van der Waals surface area (Å²) in [5, 5.41) is 19.8. The van der Waals surface area contributed by atoms with Gasteiger partial charge in [0.15, 0.2) is 11.8 Å². The predicted octanol–water partition coefficient (Wildman–Crippen LogP) is 0.785. The minimum atomic E-state index is 0.494. The lowest BCUT2D eigenvalue weighted by molar-refractivity contribution is 0.0376. The summed E-state index contributed by atoms with van der Waals surface area (Å²) < 4.78 is 9.46. The standard InChI is InChI=1S/C21H37N9O/c1-17-15-18(2)30(27-17)10-6-8-23-21(24-16-20-26-25-19(3)28(20)4)22-7-5-9-29-11-13-31-14-12-29/h15H,5-14,16H2,1-4H3,(H2,22,23,24). The monoisotopic (exact) mass is 431 g/mol. The molecule has 1 fully saturated rings. The lowest BCUT2D eigenvalue weighted by atomic mass is 10.3. The van der Waals surface area contributed by atoms with Crippen LogP contribution < -0.4 is 10.6 Å². The van der Waals surface area contributed by atoms with Crippen molar-refractivity contribution in [3.05, 3.63) is 29.1 Å². The Hall–Kier alpha value is -2.46. The molecule has 0 aromatic carbocycles. The number of aryl methyl sites for hydroxylation is 4. The lowest BCUT2D eigenvalue weighted by Crippen LogP contribution is -2.41. The van der Waals surface area contributed by atoms with Crippen molar-refractivity contribution in [2.24, 2.45) is 12.0 Å². The van der Waals surface area contributed by atoms with Crippen LogP contribution in [0.4, 0.5) is 0 Å². The number of morpholine rings is 1. The number of aliphatic imine (C=N–C) groups is 1. The summed E-state index contributed by atoms with van der Waals surface area (Å²) >= 11 is 0. The Morgan fingerprint density at radius 2 is 1.77 bits per heavy atom. The van der Waals surface area contributed by atoms with Gasteiger partial charge in [0.05, 0.1) is 18.9 Å². The molecule has 10 heteroatoms. The molecule has 3 heterocycles. The summed E-state index contributed by atoms with van der Waals surface area (Å²) in [4.78, 5) is 7.18. The van der Waals surface area contributed by atoms with Crippen molar-refractivity contribution in [1.29, 1.82) is 0 Å². The minimum Gasteiger partial charge on any atom is -0.379 e. The second-order valence-electron chi connectivity index (χ2n) is 8.05. The fourth-order valence-electron chi connectivity index (χ4n) is 3.58. The minimum absolute atomic E-state index is 0.494. The number of guanidine groups is 1. The lowest BCUT2D eigenvalue weighted by Gasteiger charge is -2.26. The molecular weight excluding hydrogens is 394 g/mol. The van der Waals surface area contributed by atoms with Crippen LogP contribution in [0.5, 0.6) is 0 Å². The molecule has 0 bridgehead atoms. The molecule has 2 aromatic heterocycles. The molecule has 172 valence electrons. The SMILES string of the molecule is Cc1cc(C)n(CCCNC(=NCc2nnc(C)n2C)NCCCN2CCOCC2)n1. The highest BCUT2D eigenvalue weighted by Gasteiger charge is 2.10. The molecule has 0 unspecified atom stereocenters. The predicted molar refractivity (Wildman–Crippen MR) is 121 cm³/mol. The van der Waals surface area contributed by atoms with Crippen LogP contribution in [0.3, 0.4) is 0 Å². The Morgan fingerprint density at radius 1 is 1.06 bits per heavy atom. The highest BCUT2D eigenvalue weighted by Crippen LogP contribution is 2.03. The summed E-state index contributed by atoms with van der Waals surface area (Å²) in [7, 11) is 1.97. The number of hydrogen-bond donors (Lipinski definition) is 2. The molecule has 2 aromatic rings. The van der Waals surface area contributed by atoms with Gasteiger partial charge in [0.1, 0.15) is 12.4 Å². The summed E-state index contributed by atoms with van der Waals surface area (Å²) in [5.74, 6) is 2.56. The highest BCUT2D eigenvalue weighted by molar-refractivity contribution is 5.79. The van der Waals surface area contributed by atoms with Crippen LogP contribution >= 0.6 is 0 Å². The van der Waals surface area contributed by atoms with E-state index >= 15 is 0 Å². The van der Waals surface area contributed by atoms with E-state index in [9.17, 15) is 0 Å². The number of aromatic nitrogens is 5. The van der Waals surface area contributed by atoms with Crippen molar-refractivity contribution in [2.75, 3.05) is 45.9 Å². The van der Waals surface area contributed by atoms with Crippen molar-refractivity contribution >= 4 is 5.96 Å². The fourth-order valence-corrected chi connectivity index (χ4v) is 3.58. The van der Waals surface area contributed by atoms with Crippen LogP contribution in [0.2, 0.25) is 0 Å². The Kier molecular flexibility index (Phi) is 8.84. The van der Waals surface area contributed by atoms with Crippen molar-refractivity contribution in [2.45, 2.75) is 46.7 Å². The first-order chi connectivity index (χ1) is 15.0. The molecule has 0 spiro atoms. The average molecular weight is 432 g/mol. The van der Waals surface area contributed by atoms with Crippen LogP contribution in [0.1, 0.15) is 35.9 Å². The molecule has 0 saturated carbocycles. The Bertz CT molecular complexity index is 836. The number of rotatable bonds is 10. The van der Waals surface area contributed by atoms with Crippen LogP contribution in [0, 0.1) is 20.8 Å². The molecule has 0 radical (unpaired) electrons. The van der Waals surface area contributed by atoms with E-state index in [4.69, 9.17) is 9.73 Å². The van der Waals surface area contributed by atoms with E-state index in [1.54, 1.807) is 0 Å². The van der Waals surface area contributed by atoms with Gasteiger partial charge in [-0.1, -0.05) is 0 Å². The Labute approximate surface area is 185 Å². The van der Waals surface area contributed by atoms with Gasteiger partial charge >= 0.3 is 0 Å². The van der Waals surface area contributed by atoms with Crippen LogP contribution in [0.15, 0.2) is 11.1 Å². The van der Waals surface area contributed by atoms with Crippen molar-refractivity contribution < 1.29 is 4.74 Å². The van der Waals surface area contributed by atoms with Crippen molar-refractivity contribution in [3.63, 3.8) is 0 Å². The van der Waals surface area contributed by atoms with Gasteiger partial charge in [-0.25, -0.2) is 4.99 Å². The maximum Gasteiger partial charge on any atom is 0.191 e. The number of nitrogens with zero attached hydrogens (tertiary/aromatic N) is 7. The van der Waals surface area contributed by atoms with Gasteiger partial charge in [0.25, 0.3) is 0 Å². The molecule has 0 amide bonds. The first kappa shape index (κ1) is 23.2. The van der Waals surface area contributed by atoms with E-state index in [1.165, 1.54) is 5.69 Å². The average Bonchev–Trinajstić information content (AvgIpc) is 3.26. The van der Waals surface area contributed by atoms with Gasteiger partial charge < -0.3 is 19.9 Å². The van der Waals surface area contributed by atoms with E-state index in [0.29, 0.717) is 6.54 Å². The smallest absolute Gasteiger partial charge is 0.191 e. The fraction of sp³-hybridized carbons (Fsp3) is 0.714. The van der Waals surface area contributed by atoms with Gasteiger partial charge in [-0.2, -0.15) is 5.10 Å².